The maximum absolute atomic E-state index is 10.6. The molecule has 1 N–H and O–H groups in total. The van der Waals surface area contributed by atoms with Gasteiger partial charge in [0.05, 0.1) is 0 Å². The number of carboxylic acid groups (broad SMARTS) is 1. The topological polar surface area (TPSA) is 37.3 Å². The molecule has 1 atom stereocenters. The average Bonchev–Trinajstić information content (AvgIpc) is 2.70. The molecular weight excluding hydrogens is 356 g/mol. The molecule has 0 bridgehead atoms. The molecule has 1 unspecified atom stereocenters. The van der Waals surface area contributed by atoms with Gasteiger partial charge in [0.15, 0.2) is 0 Å². The van der Waals surface area contributed by atoms with E-state index in [1.54, 1.807) is 0 Å². The summed E-state index contributed by atoms with van der Waals surface area (Å²) < 4.78 is 0. The maximum atomic E-state index is 10.6. The van der Waals surface area contributed by atoms with Crippen molar-refractivity contribution in [3.8, 4) is 0 Å². The smallest absolute Gasteiger partial charge is 0.303 e. The third-order valence-corrected chi connectivity index (χ3v) is 6.42. The molecule has 0 radical (unpaired) electrons. The molecule has 0 aliphatic carbocycles. The molecule has 0 aromatic carbocycles. The second kappa shape index (κ2) is 23.7. The molecule has 0 heterocycles. The summed E-state index contributed by atoms with van der Waals surface area (Å²) in [4.78, 5) is 10.6. The monoisotopic (exact) mass is 410 g/mol. The van der Waals surface area contributed by atoms with Crippen molar-refractivity contribution in [2.75, 3.05) is 0 Å². The summed E-state index contributed by atoms with van der Waals surface area (Å²) in [6.07, 6.45) is 30.4. The molecule has 0 fully saturated rings. The zero-order valence-electron chi connectivity index (χ0n) is 20.2. The van der Waals surface area contributed by atoms with Gasteiger partial charge in [0.2, 0.25) is 0 Å². The molecule has 0 saturated heterocycles. The van der Waals surface area contributed by atoms with Crippen molar-refractivity contribution in [3.63, 3.8) is 0 Å². The predicted molar refractivity (Wildman–Crippen MR) is 129 cm³/mol. The second-order valence-electron chi connectivity index (χ2n) is 9.39. The van der Waals surface area contributed by atoms with Gasteiger partial charge >= 0.3 is 5.97 Å². The highest BCUT2D eigenvalue weighted by Crippen LogP contribution is 2.23. The Hall–Kier alpha value is -0.530. The van der Waals surface area contributed by atoms with Crippen molar-refractivity contribution in [1.29, 1.82) is 0 Å². The summed E-state index contributed by atoms with van der Waals surface area (Å²) in [5.74, 6) is 0.236. The van der Waals surface area contributed by atoms with E-state index in [0.29, 0.717) is 6.42 Å². The highest BCUT2D eigenvalue weighted by atomic mass is 16.4. The number of carbonyl (C=O) groups is 1. The van der Waals surface area contributed by atoms with Gasteiger partial charge in [-0.1, -0.05) is 149 Å². The molecule has 0 spiro atoms. The molecule has 0 aromatic rings. The van der Waals surface area contributed by atoms with Crippen LogP contribution in [0, 0.1) is 5.92 Å². The normalized spacial score (nSPS) is 12.3. The van der Waals surface area contributed by atoms with Gasteiger partial charge in [0, 0.05) is 6.42 Å². The SMILES string of the molecule is CCCCCCCCCCCCCCCCCC(CCC)CCCCCC(=O)O. The highest BCUT2D eigenvalue weighted by Gasteiger charge is 2.08. The minimum atomic E-state index is -0.645. The quantitative estimate of drug-likeness (QED) is 0.161. The molecule has 0 aliphatic heterocycles. The molecule has 29 heavy (non-hydrogen) atoms. The van der Waals surface area contributed by atoms with Crippen LogP contribution in [0.5, 0.6) is 0 Å². The van der Waals surface area contributed by atoms with Crippen LogP contribution < -0.4 is 0 Å². The summed E-state index contributed by atoms with van der Waals surface area (Å²) in [6, 6.07) is 0. The van der Waals surface area contributed by atoms with Crippen molar-refractivity contribution in [1.82, 2.24) is 0 Å². The van der Waals surface area contributed by atoms with Gasteiger partial charge in [-0.15, -0.1) is 0 Å². The summed E-state index contributed by atoms with van der Waals surface area (Å²) in [7, 11) is 0. The lowest BCUT2D eigenvalue weighted by Crippen LogP contribution is -2.01. The Bertz CT molecular complexity index is 326. The van der Waals surface area contributed by atoms with E-state index in [1.165, 1.54) is 128 Å². The van der Waals surface area contributed by atoms with Crippen molar-refractivity contribution in [2.45, 2.75) is 162 Å². The average molecular weight is 411 g/mol. The van der Waals surface area contributed by atoms with Crippen molar-refractivity contribution in [3.05, 3.63) is 0 Å². The Morgan fingerprint density at radius 2 is 0.897 bits per heavy atom. The van der Waals surface area contributed by atoms with Gasteiger partial charge in [0.1, 0.15) is 0 Å². The van der Waals surface area contributed by atoms with E-state index in [1.807, 2.05) is 0 Å². The lowest BCUT2D eigenvalue weighted by atomic mass is 9.90. The third-order valence-electron chi connectivity index (χ3n) is 6.42. The van der Waals surface area contributed by atoms with E-state index in [9.17, 15) is 4.79 Å². The van der Waals surface area contributed by atoms with E-state index >= 15 is 0 Å². The Balaban J connectivity index is 3.35. The van der Waals surface area contributed by atoms with Crippen LogP contribution in [0.3, 0.4) is 0 Å². The van der Waals surface area contributed by atoms with E-state index < -0.39 is 5.97 Å². The summed E-state index contributed by atoms with van der Waals surface area (Å²) >= 11 is 0. The molecule has 0 aliphatic rings. The van der Waals surface area contributed by atoms with Gasteiger partial charge < -0.3 is 5.11 Å². The third kappa shape index (κ3) is 23.6. The van der Waals surface area contributed by atoms with Crippen molar-refractivity contribution < 1.29 is 9.90 Å². The fourth-order valence-corrected chi connectivity index (χ4v) is 4.53. The lowest BCUT2D eigenvalue weighted by Gasteiger charge is -2.16. The zero-order valence-corrected chi connectivity index (χ0v) is 20.2. The lowest BCUT2D eigenvalue weighted by molar-refractivity contribution is -0.137. The Morgan fingerprint density at radius 3 is 1.28 bits per heavy atom. The van der Waals surface area contributed by atoms with Crippen molar-refractivity contribution >= 4 is 5.97 Å². The number of hydrogen-bond acceptors (Lipinski definition) is 1. The molecule has 174 valence electrons. The molecule has 2 nitrogen and oxygen atoms in total. The second-order valence-corrected chi connectivity index (χ2v) is 9.39. The number of hydrogen-bond donors (Lipinski definition) is 1. The van der Waals surface area contributed by atoms with E-state index in [-0.39, 0.29) is 0 Å². The molecule has 0 saturated carbocycles. The summed E-state index contributed by atoms with van der Waals surface area (Å²) in [5.41, 5.74) is 0. The van der Waals surface area contributed by atoms with Crippen LogP contribution in [0.25, 0.3) is 0 Å². The van der Waals surface area contributed by atoms with Crippen LogP contribution >= 0.6 is 0 Å². The first-order chi connectivity index (χ1) is 14.2. The van der Waals surface area contributed by atoms with Crippen LogP contribution in [-0.4, -0.2) is 11.1 Å². The molecule has 2 heteroatoms. The standard InChI is InChI=1S/C27H54O2/c1-3-5-6-7-8-9-10-11-12-13-14-15-16-17-19-23-26(22-4-2)24-20-18-21-25-27(28)29/h26H,3-25H2,1-2H3,(H,28,29). The van der Waals surface area contributed by atoms with Gasteiger partial charge in [-0.25, -0.2) is 0 Å². The first-order valence-electron chi connectivity index (χ1n) is 13.4. The van der Waals surface area contributed by atoms with Crippen LogP contribution in [0.4, 0.5) is 0 Å². The van der Waals surface area contributed by atoms with Gasteiger partial charge in [-0.3, -0.25) is 4.79 Å². The number of rotatable bonds is 24. The largest absolute Gasteiger partial charge is 0.481 e. The molecule has 0 amide bonds. The van der Waals surface area contributed by atoms with Crippen molar-refractivity contribution in [2.24, 2.45) is 5.92 Å². The Kier molecular flexibility index (Phi) is 23.3. The number of unbranched alkanes of at least 4 members (excludes halogenated alkanes) is 16. The molecule has 0 rings (SSSR count). The van der Waals surface area contributed by atoms with Crippen LogP contribution in [0.1, 0.15) is 162 Å². The maximum Gasteiger partial charge on any atom is 0.303 e. The first-order valence-corrected chi connectivity index (χ1v) is 13.4. The number of aliphatic carboxylic acids is 1. The van der Waals surface area contributed by atoms with Crippen LogP contribution in [0.15, 0.2) is 0 Å². The first kappa shape index (κ1) is 28.5. The van der Waals surface area contributed by atoms with Gasteiger partial charge in [-0.2, -0.15) is 0 Å². The van der Waals surface area contributed by atoms with Crippen LogP contribution in [-0.2, 0) is 4.79 Å². The minimum Gasteiger partial charge on any atom is -0.481 e. The summed E-state index contributed by atoms with van der Waals surface area (Å²) in [5, 5.41) is 8.71. The van der Waals surface area contributed by atoms with Crippen LogP contribution in [0.2, 0.25) is 0 Å². The summed E-state index contributed by atoms with van der Waals surface area (Å²) in [6.45, 7) is 4.59. The minimum absolute atomic E-state index is 0.345. The van der Waals surface area contributed by atoms with Gasteiger partial charge in [-0.05, 0) is 12.3 Å². The highest BCUT2D eigenvalue weighted by molar-refractivity contribution is 5.66. The Morgan fingerprint density at radius 1 is 0.517 bits per heavy atom. The number of carboxylic acids is 1. The predicted octanol–water partition coefficient (Wildman–Crippen LogP) is 9.70. The molecule has 0 aromatic heterocycles. The Labute approximate surface area is 183 Å². The fraction of sp³-hybridized carbons (Fsp3) is 0.963. The van der Waals surface area contributed by atoms with E-state index in [4.69, 9.17) is 5.11 Å². The van der Waals surface area contributed by atoms with E-state index in [0.717, 1.165) is 18.8 Å². The fourth-order valence-electron chi connectivity index (χ4n) is 4.53. The molecular formula is C27H54O2. The van der Waals surface area contributed by atoms with Gasteiger partial charge in [0.25, 0.3) is 0 Å². The van der Waals surface area contributed by atoms with E-state index in [2.05, 4.69) is 13.8 Å². The zero-order chi connectivity index (χ0) is 21.4.